The number of fused-ring (bicyclic) bond motifs is 1. The van der Waals surface area contributed by atoms with E-state index in [0.29, 0.717) is 5.65 Å². The molecule has 2 aromatic rings. The summed E-state index contributed by atoms with van der Waals surface area (Å²) in [6, 6.07) is 5.51. The van der Waals surface area contributed by atoms with Gasteiger partial charge in [-0.25, -0.2) is 4.52 Å². The molecule has 0 saturated heterocycles. The normalized spacial score (nSPS) is 10.0. The number of nitrogens with zero attached hydrogens (tertiary/aromatic N) is 4. The van der Waals surface area contributed by atoms with Crippen molar-refractivity contribution in [1.82, 2.24) is 14.6 Å². The summed E-state index contributed by atoms with van der Waals surface area (Å²) in [4.78, 5) is 3.95. The molecule has 0 N–H and O–H groups in total. The van der Waals surface area contributed by atoms with E-state index in [1.807, 2.05) is 12.1 Å². The molecule has 0 aliphatic rings. The minimum atomic E-state index is 0.188. The lowest BCUT2D eigenvalue weighted by molar-refractivity contribution is 0.948. The second-order valence-electron chi connectivity index (χ2n) is 2.19. The fourth-order valence-electron chi connectivity index (χ4n) is 0.904. The molecule has 4 nitrogen and oxygen atoms in total. The molecule has 0 atom stereocenters. The molecular weight excluding hydrogens is 220 g/mol. The molecule has 0 bridgehead atoms. The van der Waals surface area contributed by atoms with Gasteiger partial charge in [-0.3, -0.25) is 0 Å². The van der Waals surface area contributed by atoms with Crippen LogP contribution in [0.25, 0.3) is 5.65 Å². The number of halogens is 1. The molecule has 5 heteroatoms. The monoisotopic (exact) mass is 222 g/mol. The summed E-state index contributed by atoms with van der Waals surface area (Å²) in [5, 5.41) is 12.4. The van der Waals surface area contributed by atoms with Crippen LogP contribution >= 0.6 is 15.9 Å². The van der Waals surface area contributed by atoms with Crippen molar-refractivity contribution in [2.24, 2.45) is 0 Å². The van der Waals surface area contributed by atoms with Gasteiger partial charge in [0.15, 0.2) is 5.65 Å². The highest BCUT2D eigenvalue weighted by molar-refractivity contribution is 9.10. The van der Waals surface area contributed by atoms with Gasteiger partial charge in [0.1, 0.15) is 6.07 Å². The van der Waals surface area contributed by atoms with E-state index >= 15 is 0 Å². The van der Waals surface area contributed by atoms with E-state index in [9.17, 15) is 0 Å². The van der Waals surface area contributed by atoms with Crippen molar-refractivity contribution >= 4 is 21.6 Å². The number of hydrogen-bond acceptors (Lipinski definition) is 3. The van der Waals surface area contributed by atoms with Crippen LogP contribution in [0, 0.1) is 11.3 Å². The molecule has 12 heavy (non-hydrogen) atoms. The first-order valence-electron chi connectivity index (χ1n) is 3.21. The van der Waals surface area contributed by atoms with Gasteiger partial charge in [-0.1, -0.05) is 15.9 Å². The van der Waals surface area contributed by atoms with Gasteiger partial charge >= 0.3 is 0 Å². The van der Waals surface area contributed by atoms with Crippen LogP contribution < -0.4 is 0 Å². The third-order valence-electron chi connectivity index (χ3n) is 1.40. The van der Waals surface area contributed by atoms with E-state index in [2.05, 4.69) is 26.0 Å². The molecule has 0 aliphatic heterocycles. The van der Waals surface area contributed by atoms with Gasteiger partial charge in [-0.2, -0.15) is 10.2 Å². The number of pyridine rings is 1. The smallest absolute Gasteiger partial charge is 0.220 e. The van der Waals surface area contributed by atoms with Crippen molar-refractivity contribution in [2.45, 2.75) is 0 Å². The molecule has 58 valence electrons. The molecule has 2 aromatic heterocycles. The highest BCUT2D eigenvalue weighted by Crippen LogP contribution is 2.10. The Bertz CT molecular complexity index is 468. The average molecular weight is 223 g/mol. The molecular formula is C7H3BrN4. The zero-order chi connectivity index (χ0) is 8.55. The fraction of sp³-hybridized carbons (Fsp3) is 0. The van der Waals surface area contributed by atoms with Crippen molar-refractivity contribution < 1.29 is 0 Å². The third kappa shape index (κ3) is 1.06. The zero-order valence-electron chi connectivity index (χ0n) is 5.90. The molecule has 2 rings (SSSR count). The van der Waals surface area contributed by atoms with Crippen LogP contribution in [-0.4, -0.2) is 14.6 Å². The molecule has 0 aliphatic carbocycles. The third-order valence-corrected chi connectivity index (χ3v) is 1.89. The summed E-state index contributed by atoms with van der Waals surface area (Å²) in [6.07, 6.45) is 1.74. The summed E-state index contributed by atoms with van der Waals surface area (Å²) in [5.41, 5.74) is 0.668. The topological polar surface area (TPSA) is 54.0 Å². The maximum absolute atomic E-state index is 8.51. The van der Waals surface area contributed by atoms with Gasteiger partial charge in [0.2, 0.25) is 0 Å². The van der Waals surface area contributed by atoms with Crippen molar-refractivity contribution in [1.29, 1.82) is 5.26 Å². The Hall–Kier alpha value is -1.41. The zero-order valence-corrected chi connectivity index (χ0v) is 7.48. The standard InChI is InChI=1S/C7H3BrN4/c8-5-1-2-12-7(3-5)10-6(4-9)11-12/h1-3H. The van der Waals surface area contributed by atoms with E-state index in [1.54, 1.807) is 16.8 Å². The molecule has 0 amide bonds. The molecule has 0 saturated carbocycles. The van der Waals surface area contributed by atoms with Gasteiger partial charge in [-0.05, 0) is 12.1 Å². The first kappa shape index (κ1) is 7.25. The fourth-order valence-corrected chi connectivity index (χ4v) is 1.23. The Labute approximate surface area is 76.6 Å². The van der Waals surface area contributed by atoms with Crippen LogP contribution in [0.4, 0.5) is 0 Å². The van der Waals surface area contributed by atoms with Gasteiger partial charge in [-0.15, -0.1) is 5.10 Å². The average Bonchev–Trinajstić information content (AvgIpc) is 2.46. The summed E-state index contributed by atoms with van der Waals surface area (Å²) in [5.74, 6) is 0.188. The van der Waals surface area contributed by atoms with Gasteiger partial charge in [0, 0.05) is 10.7 Å². The van der Waals surface area contributed by atoms with Gasteiger partial charge in [0.05, 0.1) is 0 Å². The first-order chi connectivity index (χ1) is 5.79. The number of hydrogen-bond donors (Lipinski definition) is 0. The van der Waals surface area contributed by atoms with Crippen molar-refractivity contribution in [3.05, 3.63) is 28.6 Å². The molecule has 0 radical (unpaired) electrons. The molecule has 0 aromatic carbocycles. The van der Waals surface area contributed by atoms with Crippen molar-refractivity contribution in [3.8, 4) is 6.07 Å². The summed E-state index contributed by atoms with van der Waals surface area (Å²) in [7, 11) is 0. The molecule has 0 fully saturated rings. The maximum atomic E-state index is 8.51. The second kappa shape index (κ2) is 2.57. The van der Waals surface area contributed by atoms with E-state index in [4.69, 9.17) is 5.26 Å². The van der Waals surface area contributed by atoms with Crippen molar-refractivity contribution in [2.75, 3.05) is 0 Å². The largest absolute Gasteiger partial charge is 0.253 e. The van der Waals surface area contributed by atoms with Gasteiger partial charge < -0.3 is 0 Å². The van der Waals surface area contributed by atoms with Crippen LogP contribution in [0.1, 0.15) is 5.82 Å². The highest BCUT2D eigenvalue weighted by atomic mass is 79.9. The first-order valence-corrected chi connectivity index (χ1v) is 4.01. The lowest BCUT2D eigenvalue weighted by Crippen LogP contribution is -1.85. The second-order valence-corrected chi connectivity index (χ2v) is 3.11. The predicted molar refractivity (Wildman–Crippen MR) is 45.4 cm³/mol. The van der Waals surface area contributed by atoms with E-state index in [1.165, 1.54) is 0 Å². The van der Waals surface area contributed by atoms with E-state index < -0.39 is 0 Å². The van der Waals surface area contributed by atoms with Crippen LogP contribution in [0.3, 0.4) is 0 Å². The van der Waals surface area contributed by atoms with Crippen LogP contribution in [0.5, 0.6) is 0 Å². The highest BCUT2D eigenvalue weighted by Gasteiger charge is 2.00. The SMILES string of the molecule is N#Cc1nc2cc(Br)ccn2n1. The number of nitriles is 1. The maximum Gasteiger partial charge on any atom is 0.253 e. The lowest BCUT2D eigenvalue weighted by atomic mass is 10.5. The minimum absolute atomic E-state index is 0.188. The summed E-state index contributed by atoms with van der Waals surface area (Å²) in [6.45, 7) is 0. The lowest BCUT2D eigenvalue weighted by Gasteiger charge is -1.89. The Morgan fingerprint density at radius 1 is 1.58 bits per heavy atom. The predicted octanol–water partition coefficient (Wildman–Crippen LogP) is 1.36. The van der Waals surface area contributed by atoms with E-state index in [0.717, 1.165) is 4.47 Å². The Morgan fingerprint density at radius 3 is 3.17 bits per heavy atom. The summed E-state index contributed by atoms with van der Waals surface area (Å²) >= 11 is 3.30. The number of aromatic nitrogens is 3. The molecule has 0 unspecified atom stereocenters. The Morgan fingerprint density at radius 2 is 2.42 bits per heavy atom. The molecule has 2 heterocycles. The van der Waals surface area contributed by atoms with Crippen LogP contribution in [-0.2, 0) is 0 Å². The minimum Gasteiger partial charge on any atom is -0.220 e. The van der Waals surface area contributed by atoms with Crippen molar-refractivity contribution in [3.63, 3.8) is 0 Å². The Balaban J connectivity index is 2.77. The van der Waals surface area contributed by atoms with Crippen LogP contribution in [0.15, 0.2) is 22.8 Å². The summed E-state index contributed by atoms with van der Waals surface area (Å²) < 4.78 is 2.48. The van der Waals surface area contributed by atoms with Gasteiger partial charge in [0.25, 0.3) is 5.82 Å². The van der Waals surface area contributed by atoms with E-state index in [-0.39, 0.29) is 5.82 Å². The molecule has 0 spiro atoms. The Kier molecular flexibility index (Phi) is 1.55. The quantitative estimate of drug-likeness (QED) is 0.677. The number of rotatable bonds is 0. The van der Waals surface area contributed by atoms with Crippen LogP contribution in [0.2, 0.25) is 0 Å².